The van der Waals surface area contributed by atoms with E-state index in [2.05, 4.69) is 15.7 Å². The molecule has 0 saturated heterocycles. The molecule has 0 fully saturated rings. The average Bonchev–Trinajstić information content (AvgIpc) is 3.41. The monoisotopic (exact) mass is 506 g/mol. The second-order valence-electron chi connectivity index (χ2n) is 10.1. The quantitative estimate of drug-likeness (QED) is 0.372. The van der Waals surface area contributed by atoms with E-state index >= 15 is 0 Å². The van der Waals surface area contributed by atoms with Crippen LogP contribution in [-0.4, -0.2) is 36.8 Å². The van der Waals surface area contributed by atoms with Crippen LogP contribution in [0.5, 0.6) is 0 Å². The van der Waals surface area contributed by atoms with Gasteiger partial charge in [-0.2, -0.15) is 10.2 Å². The third-order valence-corrected chi connectivity index (χ3v) is 6.88. The van der Waals surface area contributed by atoms with Gasteiger partial charge in [-0.05, 0) is 54.2 Å². The minimum absolute atomic E-state index is 0.266. The van der Waals surface area contributed by atoms with Crippen molar-refractivity contribution in [3.05, 3.63) is 83.2 Å². The Morgan fingerprint density at radius 1 is 1.16 bits per heavy atom. The molecule has 2 heterocycles. The molecule has 0 unspecified atom stereocenters. The summed E-state index contributed by atoms with van der Waals surface area (Å²) in [7, 11) is 1.81. The summed E-state index contributed by atoms with van der Waals surface area (Å²) < 4.78 is 31.6. The van der Waals surface area contributed by atoms with Gasteiger partial charge in [0.05, 0.1) is 24.0 Å². The number of urea groups is 1. The van der Waals surface area contributed by atoms with Gasteiger partial charge in [-0.1, -0.05) is 32.0 Å². The number of anilines is 1. The van der Waals surface area contributed by atoms with Crippen molar-refractivity contribution in [2.75, 3.05) is 5.32 Å². The maximum absolute atomic E-state index is 14.2. The second-order valence-corrected chi connectivity index (χ2v) is 10.1. The molecule has 3 N–H and O–H groups in total. The fourth-order valence-corrected chi connectivity index (χ4v) is 5.04. The maximum atomic E-state index is 14.2. The standard InChI is InChI=1S/C27H28F2N6O2/c1-15-23(16-13-30-34(4)14-16)33-35(17-8-6-5-7-9-17)25(15)32-26(37)31-24-18-10-20(28)21(29)11-19(18)27(2,3)12-22(24)36/h5-11,13-14,22,24,36H,12H2,1-4H3,(H2,31,32,37)/t22-,24-/m1/s1. The summed E-state index contributed by atoms with van der Waals surface area (Å²) >= 11 is 0. The van der Waals surface area contributed by atoms with Crippen LogP contribution in [0.15, 0.2) is 54.9 Å². The predicted octanol–water partition coefficient (Wildman–Crippen LogP) is 4.76. The third-order valence-electron chi connectivity index (χ3n) is 6.88. The summed E-state index contributed by atoms with van der Waals surface area (Å²) in [4.78, 5) is 13.3. The van der Waals surface area contributed by atoms with Crippen LogP contribution in [0.1, 0.15) is 43.0 Å². The highest BCUT2D eigenvalue weighted by Gasteiger charge is 2.40. The Labute approximate surface area is 212 Å². The van der Waals surface area contributed by atoms with Gasteiger partial charge in [0.15, 0.2) is 11.6 Å². The molecular formula is C27H28F2N6O2. The van der Waals surface area contributed by atoms with Crippen LogP contribution in [0.25, 0.3) is 16.9 Å². The number of halogens is 2. The lowest BCUT2D eigenvalue weighted by Crippen LogP contribution is -2.45. The molecule has 2 amide bonds. The van der Waals surface area contributed by atoms with E-state index in [4.69, 9.17) is 5.10 Å². The molecule has 37 heavy (non-hydrogen) atoms. The Bertz CT molecular complexity index is 1480. The van der Waals surface area contributed by atoms with E-state index in [0.29, 0.717) is 28.2 Å². The summed E-state index contributed by atoms with van der Waals surface area (Å²) in [6, 6.07) is 10.0. The van der Waals surface area contributed by atoms with Gasteiger partial charge in [0.25, 0.3) is 0 Å². The number of para-hydroxylation sites is 1. The lowest BCUT2D eigenvalue weighted by atomic mass is 9.69. The minimum atomic E-state index is -1.03. The van der Waals surface area contributed by atoms with E-state index in [1.54, 1.807) is 15.6 Å². The lowest BCUT2D eigenvalue weighted by molar-refractivity contribution is 0.0878. The molecule has 0 spiro atoms. The molecule has 2 aromatic heterocycles. The second kappa shape index (κ2) is 9.11. The van der Waals surface area contributed by atoms with Crippen molar-refractivity contribution in [2.45, 2.75) is 44.8 Å². The third kappa shape index (κ3) is 4.48. The molecule has 2 aromatic carbocycles. The minimum Gasteiger partial charge on any atom is -0.391 e. The van der Waals surface area contributed by atoms with Crippen molar-refractivity contribution in [3.8, 4) is 16.9 Å². The number of hydrogen-bond donors (Lipinski definition) is 3. The number of nitrogens with zero attached hydrogens (tertiary/aromatic N) is 4. The van der Waals surface area contributed by atoms with Crippen molar-refractivity contribution in [1.29, 1.82) is 0 Å². The molecule has 1 aliphatic carbocycles. The molecule has 5 rings (SSSR count). The number of carbonyl (C=O) groups excluding carboxylic acids is 1. The van der Waals surface area contributed by atoms with E-state index in [1.807, 2.05) is 64.3 Å². The number of benzene rings is 2. The maximum Gasteiger partial charge on any atom is 0.320 e. The van der Waals surface area contributed by atoms with Gasteiger partial charge in [-0.3, -0.25) is 10.00 Å². The van der Waals surface area contributed by atoms with Crippen LogP contribution in [-0.2, 0) is 12.5 Å². The molecule has 2 atom stereocenters. The molecule has 0 bridgehead atoms. The SMILES string of the molecule is Cc1c(-c2cnn(C)c2)nn(-c2ccccc2)c1NC(=O)N[C@@H]1c2cc(F)c(F)cc2C(C)(C)C[C@H]1O. The van der Waals surface area contributed by atoms with Gasteiger partial charge in [-0.15, -0.1) is 0 Å². The van der Waals surface area contributed by atoms with Crippen LogP contribution in [0.2, 0.25) is 0 Å². The number of aryl methyl sites for hydroxylation is 1. The van der Waals surface area contributed by atoms with Crippen LogP contribution < -0.4 is 10.6 Å². The highest BCUT2D eigenvalue weighted by molar-refractivity contribution is 5.91. The number of fused-ring (bicyclic) bond motifs is 1. The first kappa shape index (κ1) is 24.6. The summed E-state index contributed by atoms with van der Waals surface area (Å²) in [5.74, 6) is -1.56. The van der Waals surface area contributed by atoms with Gasteiger partial charge in [0, 0.05) is 24.4 Å². The number of nitrogens with one attached hydrogen (secondary N) is 2. The molecule has 10 heteroatoms. The Kier molecular flexibility index (Phi) is 6.07. The molecule has 0 saturated carbocycles. The number of aliphatic hydroxyl groups excluding tert-OH is 1. The van der Waals surface area contributed by atoms with E-state index in [0.717, 1.165) is 23.4 Å². The smallest absolute Gasteiger partial charge is 0.320 e. The first-order valence-electron chi connectivity index (χ1n) is 11.9. The normalized spacial score (nSPS) is 18.4. The Balaban J connectivity index is 1.50. The Hall–Kier alpha value is -4.05. The van der Waals surface area contributed by atoms with Crippen molar-refractivity contribution in [2.24, 2.45) is 7.05 Å². The average molecular weight is 507 g/mol. The van der Waals surface area contributed by atoms with Gasteiger partial charge >= 0.3 is 6.03 Å². The largest absolute Gasteiger partial charge is 0.391 e. The zero-order chi connectivity index (χ0) is 26.5. The number of aromatic nitrogens is 4. The van der Waals surface area contributed by atoms with Gasteiger partial charge < -0.3 is 10.4 Å². The summed E-state index contributed by atoms with van der Waals surface area (Å²) in [6.45, 7) is 5.55. The van der Waals surface area contributed by atoms with Gasteiger partial charge in [-0.25, -0.2) is 18.3 Å². The summed E-state index contributed by atoms with van der Waals surface area (Å²) in [5.41, 5.74) is 3.18. The molecule has 0 aliphatic heterocycles. The summed E-state index contributed by atoms with van der Waals surface area (Å²) in [6.07, 6.45) is 2.80. The fraction of sp³-hybridized carbons (Fsp3) is 0.296. The number of carbonyl (C=O) groups is 1. The number of aliphatic hydroxyl groups is 1. The lowest BCUT2D eigenvalue weighted by Gasteiger charge is -2.40. The molecular weight excluding hydrogens is 478 g/mol. The van der Waals surface area contributed by atoms with E-state index in [1.165, 1.54) is 0 Å². The van der Waals surface area contributed by atoms with Gasteiger partial charge in [0.1, 0.15) is 11.5 Å². The topological polar surface area (TPSA) is 97.0 Å². The van der Waals surface area contributed by atoms with Crippen molar-refractivity contribution < 1.29 is 18.7 Å². The Morgan fingerprint density at radius 3 is 2.54 bits per heavy atom. The van der Waals surface area contributed by atoms with E-state index < -0.39 is 35.2 Å². The zero-order valence-electron chi connectivity index (χ0n) is 21.0. The van der Waals surface area contributed by atoms with E-state index in [-0.39, 0.29) is 6.42 Å². The number of hydrogen-bond acceptors (Lipinski definition) is 4. The van der Waals surface area contributed by atoms with Crippen molar-refractivity contribution >= 4 is 11.8 Å². The number of rotatable bonds is 4. The highest BCUT2D eigenvalue weighted by Crippen LogP contribution is 2.42. The first-order chi connectivity index (χ1) is 17.5. The summed E-state index contributed by atoms with van der Waals surface area (Å²) in [5, 5.41) is 25.5. The van der Waals surface area contributed by atoms with E-state index in [9.17, 15) is 18.7 Å². The molecule has 1 aliphatic rings. The van der Waals surface area contributed by atoms with Crippen LogP contribution in [0.4, 0.5) is 19.4 Å². The molecule has 8 nitrogen and oxygen atoms in total. The van der Waals surface area contributed by atoms with Crippen LogP contribution in [0, 0.1) is 18.6 Å². The van der Waals surface area contributed by atoms with Crippen LogP contribution >= 0.6 is 0 Å². The van der Waals surface area contributed by atoms with Crippen molar-refractivity contribution in [3.63, 3.8) is 0 Å². The molecule has 192 valence electrons. The van der Waals surface area contributed by atoms with Crippen molar-refractivity contribution in [1.82, 2.24) is 24.9 Å². The zero-order valence-corrected chi connectivity index (χ0v) is 21.0. The fourth-order valence-electron chi connectivity index (χ4n) is 5.04. The molecule has 4 aromatic rings. The van der Waals surface area contributed by atoms with Gasteiger partial charge in [0.2, 0.25) is 0 Å². The predicted molar refractivity (Wildman–Crippen MR) is 135 cm³/mol. The molecule has 0 radical (unpaired) electrons. The van der Waals surface area contributed by atoms with Crippen LogP contribution in [0.3, 0.4) is 0 Å². The first-order valence-corrected chi connectivity index (χ1v) is 11.9. The Morgan fingerprint density at radius 2 is 1.86 bits per heavy atom. The number of amides is 2. The highest BCUT2D eigenvalue weighted by atomic mass is 19.2.